The van der Waals surface area contributed by atoms with Gasteiger partial charge in [0, 0.05) is 0 Å². The predicted octanol–water partition coefficient (Wildman–Crippen LogP) is 5.10. The summed E-state index contributed by atoms with van der Waals surface area (Å²) in [6.07, 6.45) is 0. The van der Waals surface area contributed by atoms with Crippen LogP contribution in [-0.4, -0.2) is 18.5 Å². The van der Waals surface area contributed by atoms with Gasteiger partial charge in [0.25, 0.3) is 0 Å². The third kappa shape index (κ3) is 2.84. The highest BCUT2D eigenvalue weighted by Crippen LogP contribution is 2.37. The average Bonchev–Trinajstić information content (AvgIpc) is 2.78. The molecule has 0 saturated carbocycles. The molecule has 0 amide bonds. The van der Waals surface area contributed by atoms with Crippen LogP contribution in [-0.2, 0) is 20.6 Å². The zero-order chi connectivity index (χ0) is 17.7. The van der Waals surface area contributed by atoms with Gasteiger partial charge < -0.3 is 14.0 Å². The lowest BCUT2D eigenvalue weighted by molar-refractivity contribution is 0.00578. The van der Waals surface area contributed by atoms with Gasteiger partial charge in [0.2, 0.25) is 0 Å². The van der Waals surface area contributed by atoms with Crippen molar-refractivity contribution in [1.29, 1.82) is 0 Å². The van der Waals surface area contributed by atoms with Crippen LogP contribution < -0.4 is 0 Å². The predicted molar refractivity (Wildman–Crippen MR) is 102 cm³/mol. The van der Waals surface area contributed by atoms with Gasteiger partial charge in [-0.3, -0.25) is 0 Å². The Morgan fingerprint density at radius 1 is 0.800 bits per heavy atom. The van der Waals surface area contributed by atoms with Crippen LogP contribution in [0.1, 0.15) is 33.3 Å². The van der Waals surface area contributed by atoms with Crippen LogP contribution in [0.3, 0.4) is 0 Å². The second kappa shape index (κ2) is 5.84. The molecule has 128 valence electrons. The van der Waals surface area contributed by atoms with Crippen molar-refractivity contribution in [3.63, 3.8) is 0 Å². The van der Waals surface area contributed by atoms with Gasteiger partial charge in [0.15, 0.2) is 0 Å². The fourth-order valence-corrected chi connectivity index (χ4v) is 3.27. The summed E-state index contributed by atoms with van der Waals surface area (Å²) in [5, 5.41) is 4.85. The van der Waals surface area contributed by atoms with Crippen LogP contribution in [0.25, 0.3) is 21.5 Å². The molecule has 1 aliphatic heterocycles. The summed E-state index contributed by atoms with van der Waals surface area (Å²) in [7, 11) is -0.650. The van der Waals surface area contributed by atoms with Crippen molar-refractivity contribution in [3.05, 3.63) is 60.2 Å². The van der Waals surface area contributed by atoms with Gasteiger partial charge >= 0.3 is 7.32 Å². The van der Waals surface area contributed by atoms with E-state index in [-0.39, 0.29) is 0 Å². The van der Waals surface area contributed by atoms with E-state index in [4.69, 9.17) is 14.0 Å². The van der Waals surface area contributed by atoms with E-state index in [2.05, 4.69) is 54.6 Å². The summed E-state index contributed by atoms with van der Waals surface area (Å²) in [5.41, 5.74) is 0.389. The molecule has 1 aliphatic rings. The van der Waals surface area contributed by atoms with Crippen molar-refractivity contribution in [2.45, 2.75) is 45.5 Å². The summed E-state index contributed by atoms with van der Waals surface area (Å²) in [4.78, 5) is 0. The summed E-state index contributed by atoms with van der Waals surface area (Å²) >= 11 is 0. The molecule has 3 nitrogen and oxygen atoms in total. The van der Waals surface area contributed by atoms with Gasteiger partial charge in [-0.05, 0) is 60.9 Å². The van der Waals surface area contributed by atoms with Crippen molar-refractivity contribution in [2.24, 2.45) is 0 Å². The monoisotopic (exact) mass is 334 g/mol. The Balaban J connectivity index is 1.69. The van der Waals surface area contributed by atoms with E-state index in [1.807, 2.05) is 27.7 Å². The zero-order valence-electron chi connectivity index (χ0n) is 15.2. The second-order valence-electron chi connectivity index (χ2n) is 7.65. The highest BCUT2D eigenvalue weighted by atomic mass is 16.8. The van der Waals surface area contributed by atoms with Gasteiger partial charge in [-0.15, -0.1) is 0 Å². The SMILES string of the molecule is CC1(C)OB(OCc2c3ccccc3cc3ccccc23)OC1(C)C. The largest absolute Gasteiger partial charge is 0.640 e. The molecule has 0 spiro atoms. The lowest BCUT2D eigenvalue weighted by atomic mass is 9.90. The summed E-state index contributed by atoms with van der Waals surface area (Å²) in [5.74, 6) is 0. The van der Waals surface area contributed by atoms with Crippen LogP contribution >= 0.6 is 0 Å². The number of hydrogen-bond donors (Lipinski definition) is 0. The van der Waals surface area contributed by atoms with Crippen LogP contribution in [0.5, 0.6) is 0 Å². The molecule has 1 fully saturated rings. The summed E-state index contributed by atoms with van der Waals surface area (Å²) in [6, 6.07) is 19.1. The summed E-state index contributed by atoms with van der Waals surface area (Å²) in [6.45, 7) is 8.57. The zero-order valence-corrected chi connectivity index (χ0v) is 15.2. The Kier molecular flexibility index (Phi) is 3.87. The summed E-state index contributed by atoms with van der Waals surface area (Å²) < 4.78 is 18.0. The van der Waals surface area contributed by atoms with E-state index < -0.39 is 18.5 Å². The molecule has 0 aliphatic carbocycles. The van der Waals surface area contributed by atoms with Crippen molar-refractivity contribution < 1.29 is 14.0 Å². The van der Waals surface area contributed by atoms with Gasteiger partial charge in [0.05, 0.1) is 17.8 Å². The third-order valence-corrected chi connectivity index (χ3v) is 5.48. The van der Waals surface area contributed by atoms with Gasteiger partial charge in [-0.1, -0.05) is 48.5 Å². The van der Waals surface area contributed by atoms with Crippen molar-refractivity contribution in [1.82, 2.24) is 0 Å². The van der Waals surface area contributed by atoms with Crippen molar-refractivity contribution in [2.75, 3.05) is 0 Å². The molecule has 4 rings (SSSR count). The standard InChI is InChI=1S/C21H23BO3/c1-20(2)21(3,4)25-22(24-20)23-14-19-17-11-7-5-9-15(17)13-16-10-6-8-12-18(16)19/h5-13H,14H2,1-4H3. The van der Waals surface area contributed by atoms with Crippen LogP contribution in [0.15, 0.2) is 54.6 Å². The lowest BCUT2D eigenvalue weighted by Crippen LogP contribution is -2.41. The van der Waals surface area contributed by atoms with Gasteiger partial charge in [-0.25, -0.2) is 0 Å². The Morgan fingerprint density at radius 2 is 1.28 bits per heavy atom. The van der Waals surface area contributed by atoms with Crippen LogP contribution in [0.4, 0.5) is 0 Å². The maximum atomic E-state index is 6.03. The molecular formula is C21H23BO3. The first kappa shape index (κ1) is 16.6. The minimum absolute atomic E-state index is 0.390. The number of benzene rings is 3. The first-order chi connectivity index (χ1) is 11.9. The molecule has 0 radical (unpaired) electrons. The topological polar surface area (TPSA) is 27.7 Å². The maximum Gasteiger partial charge on any atom is 0.640 e. The highest BCUT2D eigenvalue weighted by molar-refractivity contribution is 6.37. The molecule has 25 heavy (non-hydrogen) atoms. The fraction of sp³-hybridized carbons (Fsp3) is 0.333. The quantitative estimate of drug-likeness (QED) is 0.493. The number of hydrogen-bond acceptors (Lipinski definition) is 3. The minimum Gasteiger partial charge on any atom is -0.382 e. The Bertz CT molecular complexity index is 863. The molecule has 1 heterocycles. The molecule has 0 aromatic heterocycles. The van der Waals surface area contributed by atoms with E-state index in [1.165, 1.54) is 27.1 Å². The number of fused-ring (bicyclic) bond motifs is 2. The van der Waals surface area contributed by atoms with E-state index in [0.717, 1.165) is 0 Å². The molecular weight excluding hydrogens is 311 g/mol. The first-order valence-corrected chi connectivity index (χ1v) is 8.74. The van der Waals surface area contributed by atoms with E-state index in [1.54, 1.807) is 0 Å². The first-order valence-electron chi connectivity index (χ1n) is 8.74. The normalized spacial score (nSPS) is 19.0. The Labute approximate surface area is 149 Å². The molecule has 3 aromatic carbocycles. The van der Waals surface area contributed by atoms with E-state index in [9.17, 15) is 0 Å². The van der Waals surface area contributed by atoms with Crippen molar-refractivity contribution >= 4 is 28.9 Å². The molecule has 0 N–H and O–H groups in total. The molecule has 0 bridgehead atoms. The molecule has 4 heteroatoms. The second-order valence-corrected chi connectivity index (χ2v) is 7.65. The smallest absolute Gasteiger partial charge is 0.382 e. The van der Waals surface area contributed by atoms with Crippen molar-refractivity contribution in [3.8, 4) is 0 Å². The Morgan fingerprint density at radius 3 is 1.80 bits per heavy atom. The highest BCUT2D eigenvalue weighted by Gasteiger charge is 2.52. The minimum atomic E-state index is -0.650. The fourth-order valence-electron chi connectivity index (χ4n) is 3.27. The van der Waals surface area contributed by atoms with Crippen LogP contribution in [0, 0.1) is 0 Å². The third-order valence-electron chi connectivity index (χ3n) is 5.48. The van der Waals surface area contributed by atoms with Gasteiger partial charge in [0.1, 0.15) is 0 Å². The maximum absolute atomic E-state index is 6.03. The number of rotatable bonds is 3. The molecule has 1 saturated heterocycles. The lowest BCUT2D eigenvalue weighted by Gasteiger charge is -2.31. The van der Waals surface area contributed by atoms with E-state index >= 15 is 0 Å². The molecule has 0 atom stereocenters. The van der Waals surface area contributed by atoms with E-state index in [0.29, 0.717) is 6.61 Å². The van der Waals surface area contributed by atoms with Crippen LogP contribution in [0.2, 0.25) is 0 Å². The molecule has 3 aromatic rings. The van der Waals surface area contributed by atoms with Gasteiger partial charge in [-0.2, -0.15) is 0 Å². The Hall–Kier alpha value is -1.88. The molecule has 0 unspecified atom stereocenters. The average molecular weight is 334 g/mol.